The van der Waals surface area contributed by atoms with E-state index in [1.54, 1.807) is 16.8 Å². The van der Waals surface area contributed by atoms with Crippen LogP contribution in [0.25, 0.3) is 0 Å². The van der Waals surface area contributed by atoms with Crippen LogP contribution in [0.3, 0.4) is 0 Å². The zero-order valence-electron chi connectivity index (χ0n) is 10.8. The largest absolute Gasteiger partial charge is 0.398 e. The van der Waals surface area contributed by atoms with E-state index in [1.165, 1.54) is 31.7 Å². The van der Waals surface area contributed by atoms with Gasteiger partial charge in [-0.1, -0.05) is 25.7 Å². The van der Waals surface area contributed by atoms with Gasteiger partial charge in [-0.2, -0.15) is 0 Å². The van der Waals surface area contributed by atoms with E-state index >= 15 is 0 Å². The quantitative estimate of drug-likeness (QED) is 0.833. The summed E-state index contributed by atoms with van der Waals surface area (Å²) in [5.41, 5.74) is 6.26. The fourth-order valence-electron chi connectivity index (χ4n) is 2.45. The van der Waals surface area contributed by atoms with E-state index in [2.05, 4.69) is 0 Å². The molecule has 4 nitrogen and oxygen atoms in total. The standard InChI is InChI=1S/C14H22N2O2/c15-12-7-8-14(17)16(11-12)9-10-18-13-5-3-1-2-4-6-13/h7-8,11,13H,1-6,9-10,15H2. The minimum absolute atomic E-state index is 0.0198. The average Bonchev–Trinajstić information content (AvgIpc) is 2.62. The molecule has 100 valence electrons. The average molecular weight is 250 g/mol. The van der Waals surface area contributed by atoms with Crippen molar-refractivity contribution in [1.29, 1.82) is 0 Å². The van der Waals surface area contributed by atoms with E-state index < -0.39 is 0 Å². The molecule has 1 heterocycles. The van der Waals surface area contributed by atoms with Gasteiger partial charge in [0.05, 0.1) is 12.7 Å². The molecule has 1 aromatic rings. The lowest BCUT2D eigenvalue weighted by molar-refractivity contribution is 0.0379. The van der Waals surface area contributed by atoms with Crippen LogP contribution in [0.15, 0.2) is 23.1 Å². The molecule has 0 aromatic carbocycles. The van der Waals surface area contributed by atoms with Crippen molar-refractivity contribution in [3.63, 3.8) is 0 Å². The Morgan fingerprint density at radius 1 is 1.22 bits per heavy atom. The number of nitrogen functional groups attached to an aromatic ring is 1. The van der Waals surface area contributed by atoms with E-state index in [0.29, 0.717) is 24.9 Å². The van der Waals surface area contributed by atoms with Crippen LogP contribution in [0.4, 0.5) is 5.69 Å². The van der Waals surface area contributed by atoms with Crippen LogP contribution in [0.2, 0.25) is 0 Å². The van der Waals surface area contributed by atoms with E-state index in [4.69, 9.17) is 10.5 Å². The predicted octanol–water partition coefficient (Wildman–Crippen LogP) is 2.17. The van der Waals surface area contributed by atoms with Gasteiger partial charge in [0.25, 0.3) is 5.56 Å². The number of hydrogen-bond acceptors (Lipinski definition) is 3. The van der Waals surface area contributed by atoms with Crippen molar-refractivity contribution >= 4 is 5.69 Å². The number of pyridine rings is 1. The molecule has 2 rings (SSSR count). The number of hydrogen-bond donors (Lipinski definition) is 1. The molecule has 1 aliphatic carbocycles. The number of ether oxygens (including phenoxy) is 1. The Bertz CT molecular complexity index is 420. The summed E-state index contributed by atoms with van der Waals surface area (Å²) in [5.74, 6) is 0. The smallest absolute Gasteiger partial charge is 0.250 e. The first-order valence-electron chi connectivity index (χ1n) is 6.83. The van der Waals surface area contributed by atoms with Gasteiger partial charge in [-0.05, 0) is 18.9 Å². The van der Waals surface area contributed by atoms with Crippen LogP contribution in [0.5, 0.6) is 0 Å². The first-order chi connectivity index (χ1) is 8.75. The van der Waals surface area contributed by atoms with E-state index in [0.717, 1.165) is 12.8 Å². The van der Waals surface area contributed by atoms with Crippen LogP contribution in [-0.4, -0.2) is 17.3 Å². The number of nitrogens with zero attached hydrogens (tertiary/aromatic N) is 1. The number of rotatable bonds is 4. The monoisotopic (exact) mass is 250 g/mol. The van der Waals surface area contributed by atoms with Gasteiger partial charge in [-0.15, -0.1) is 0 Å². The van der Waals surface area contributed by atoms with Gasteiger partial charge in [-0.25, -0.2) is 0 Å². The highest BCUT2D eigenvalue weighted by atomic mass is 16.5. The summed E-state index contributed by atoms with van der Waals surface area (Å²) in [6.07, 6.45) is 9.56. The second-order valence-electron chi connectivity index (χ2n) is 4.98. The maximum Gasteiger partial charge on any atom is 0.250 e. The molecule has 2 N–H and O–H groups in total. The fourth-order valence-corrected chi connectivity index (χ4v) is 2.45. The minimum atomic E-state index is -0.0198. The summed E-state index contributed by atoms with van der Waals surface area (Å²) in [7, 11) is 0. The molecule has 0 radical (unpaired) electrons. The molecule has 0 saturated heterocycles. The Labute approximate surface area is 108 Å². The summed E-state index contributed by atoms with van der Waals surface area (Å²) in [4.78, 5) is 11.6. The van der Waals surface area contributed by atoms with Crippen molar-refractivity contribution in [2.75, 3.05) is 12.3 Å². The SMILES string of the molecule is Nc1ccc(=O)n(CCOC2CCCCCC2)c1. The molecule has 4 heteroatoms. The third kappa shape index (κ3) is 3.88. The molecule has 0 bridgehead atoms. The Balaban J connectivity index is 1.80. The molecule has 1 aromatic heterocycles. The molecular weight excluding hydrogens is 228 g/mol. The molecule has 0 aliphatic heterocycles. The molecule has 0 unspecified atom stereocenters. The summed E-state index contributed by atoms with van der Waals surface area (Å²) in [5, 5.41) is 0. The third-order valence-electron chi connectivity index (χ3n) is 3.49. The number of aromatic nitrogens is 1. The predicted molar refractivity (Wildman–Crippen MR) is 72.6 cm³/mol. The first kappa shape index (κ1) is 13.1. The maximum atomic E-state index is 11.6. The lowest BCUT2D eigenvalue weighted by Gasteiger charge is -2.15. The van der Waals surface area contributed by atoms with Gasteiger partial charge < -0.3 is 15.0 Å². The second kappa shape index (κ2) is 6.59. The third-order valence-corrected chi connectivity index (χ3v) is 3.49. The zero-order chi connectivity index (χ0) is 12.8. The Morgan fingerprint density at radius 3 is 2.67 bits per heavy atom. The van der Waals surface area contributed by atoms with Crippen LogP contribution < -0.4 is 11.3 Å². The molecule has 0 spiro atoms. The van der Waals surface area contributed by atoms with Gasteiger partial charge in [0, 0.05) is 24.5 Å². The van der Waals surface area contributed by atoms with Crippen molar-refractivity contribution in [2.45, 2.75) is 51.2 Å². The Morgan fingerprint density at radius 2 is 1.94 bits per heavy atom. The van der Waals surface area contributed by atoms with Gasteiger partial charge in [0.15, 0.2) is 0 Å². The van der Waals surface area contributed by atoms with Crippen molar-refractivity contribution in [2.24, 2.45) is 0 Å². The van der Waals surface area contributed by atoms with Gasteiger partial charge in [0.1, 0.15) is 0 Å². The van der Waals surface area contributed by atoms with Crippen LogP contribution in [0.1, 0.15) is 38.5 Å². The molecule has 0 amide bonds. The number of nitrogens with two attached hydrogens (primary N) is 1. The van der Waals surface area contributed by atoms with Gasteiger partial charge in [0.2, 0.25) is 0 Å². The second-order valence-corrected chi connectivity index (χ2v) is 4.98. The van der Waals surface area contributed by atoms with Crippen LogP contribution in [0, 0.1) is 0 Å². The zero-order valence-corrected chi connectivity index (χ0v) is 10.8. The Hall–Kier alpha value is -1.29. The molecule has 18 heavy (non-hydrogen) atoms. The molecule has 1 fully saturated rings. The van der Waals surface area contributed by atoms with Crippen molar-refractivity contribution in [1.82, 2.24) is 4.57 Å². The van der Waals surface area contributed by atoms with Crippen molar-refractivity contribution in [3.05, 3.63) is 28.7 Å². The highest BCUT2D eigenvalue weighted by Gasteiger charge is 2.12. The topological polar surface area (TPSA) is 57.2 Å². The van der Waals surface area contributed by atoms with E-state index in [9.17, 15) is 4.79 Å². The lowest BCUT2D eigenvalue weighted by Crippen LogP contribution is -2.23. The summed E-state index contributed by atoms with van der Waals surface area (Å²) in [6, 6.07) is 3.13. The lowest BCUT2D eigenvalue weighted by atomic mass is 10.1. The normalized spacial score (nSPS) is 17.6. The van der Waals surface area contributed by atoms with E-state index in [-0.39, 0.29) is 5.56 Å². The summed E-state index contributed by atoms with van der Waals surface area (Å²) < 4.78 is 7.48. The van der Waals surface area contributed by atoms with Gasteiger partial charge in [-0.3, -0.25) is 4.79 Å². The highest BCUT2D eigenvalue weighted by Crippen LogP contribution is 2.19. The maximum absolute atomic E-state index is 11.6. The minimum Gasteiger partial charge on any atom is -0.398 e. The summed E-state index contributed by atoms with van der Waals surface area (Å²) >= 11 is 0. The van der Waals surface area contributed by atoms with Crippen molar-refractivity contribution < 1.29 is 4.74 Å². The molecule has 1 aliphatic rings. The highest BCUT2D eigenvalue weighted by molar-refractivity contribution is 5.33. The number of anilines is 1. The van der Waals surface area contributed by atoms with Gasteiger partial charge >= 0.3 is 0 Å². The Kier molecular flexibility index (Phi) is 4.81. The summed E-state index contributed by atoms with van der Waals surface area (Å²) in [6.45, 7) is 1.17. The van der Waals surface area contributed by atoms with E-state index in [1.807, 2.05) is 0 Å². The van der Waals surface area contributed by atoms with Crippen LogP contribution >= 0.6 is 0 Å². The first-order valence-corrected chi connectivity index (χ1v) is 6.83. The van der Waals surface area contributed by atoms with Crippen LogP contribution in [-0.2, 0) is 11.3 Å². The van der Waals surface area contributed by atoms with Crippen molar-refractivity contribution in [3.8, 4) is 0 Å². The fraction of sp³-hybridized carbons (Fsp3) is 0.643. The molecular formula is C14H22N2O2. The molecule has 1 saturated carbocycles. The molecule has 0 atom stereocenters.